The summed E-state index contributed by atoms with van der Waals surface area (Å²) in [6.45, 7) is 1.84. The van der Waals surface area contributed by atoms with Crippen molar-refractivity contribution in [1.82, 2.24) is 34.8 Å². The molecular weight excluding hydrogens is 404 g/mol. The third-order valence-corrected chi connectivity index (χ3v) is 6.81. The molecule has 9 nitrogen and oxygen atoms in total. The van der Waals surface area contributed by atoms with Gasteiger partial charge in [0.25, 0.3) is 5.91 Å². The number of hydrogen-bond acceptors (Lipinski definition) is 6. The van der Waals surface area contributed by atoms with Crippen molar-refractivity contribution in [3.63, 3.8) is 0 Å². The van der Waals surface area contributed by atoms with Crippen LogP contribution in [-0.2, 0) is 12.0 Å². The lowest BCUT2D eigenvalue weighted by Crippen LogP contribution is -2.50. The molecule has 0 unspecified atom stereocenters. The number of aromatic nitrogens is 6. The van der Waals surface area contributed by atoms with Crippen molar-refractivity contribution in [2.24, 2.45) is 5.73 Å². The number of aromatic amines is 1. The summed E-state index contributed by atoms with van der Waals surface area (Å²) in [5.74, 6) is 1.34. The number of nitrogens with two attached hydrogens (primary N) is 1. The highest BCUT2D eigenvalue weighted by Crippen LogP contribution is 2.41. The van der Waals surface area contributed by atoms with Gasteiger partial charge in [0.15, 0.2) is 5.82 Å². The summed E-state index contributed by atoms with van der Waals surface area (Å²) < 4.78 is 1.82. The van der Waals surface area contributed by atoms with Gasteiger partial charge >= 0.3 is 0 Å². The highest BCUT2D eigenvalue weighted by atomic mass is 35.5. The Morgan fingerprint density at radius 3 is 2.70 bits per heavy atom. The van der Waals surface area contributed by atoms with Crippen LogP contribution in [0.5, 0.6) is 0 Å². The number of nitrogens with one attached hydrogen (secondary N) is 1. The summed E-state index contributed by atoms with van der Waals surface area (Å²) in [4.78, 5) is 19.2. The Hall–Kier alpha value is -2.78. The maximum atomic E-state index is 13.2. The van der Waals surface area contributed by atoms with Crippen LogP contribution in [0.2, 0.25) is 5.02 Å². The van der Waals surface area contributed by atoms with Crippen molar-refractivity contribution in [1.29, 1.82) is 0 Å². The fourth-order valence-corrected chi connectivity index (χ4v) is 5.03. The number of amides is 1. The topological polar surface area (TPSA) is 119 Å². The van der Waals surface area contributed by atoms with Gasteiger partial charge in [0, 0.05) is 36.1 Å². The molecule has 1 amide bonds. The number of nitrogens with zero attached hydrogens (tertiary/aromatic N) is 6. The van der Waals surface area contributed by atoms with E-state index in [9.17, 15) is 4.79 Å². The van der Waals surface area contributed by atoms with E-state index in [0.29, 0.717) is 37.1 Å². The Bertz CT molecular complexity index is 1050. The number of halogens is 1. The molecule has 156 valence electrons. The molecule has 1 aromatic carbocycles. The minimum atomic E-state index is -0.0836. The van der Waals surface area contributed by atoms with Gasteiger partial charge in [-0.25, -0.2) is 4.98 Å². The molecule has 1 aliphatic carbocycles. The fraction of sp³-hybridized carbons (Fsp3) is 0.450. The van der Waals surface area contributed by atoms with Crippen LogP contribution in [-0.4, -0.2) is 59.9 Å². The monoisotopic (exact) mass is 426 g/mol. The van der Waals surface area contributed by atoms with E-state index in [4.69, 9.17) is 17.3 Å². The van der Waals surface area contributed by atoms with Crippen LogP contribution in [0.1, 0.15) is 41.9 Å². The second-order valence-corrected chi connectivity index (χ2v) is 8.49. The molecule has 3 heterocycles. The average Bonchev–Trinajstić information content (AvgIpc) is 3.44. The van der Waals surface area contributed by atoms with E-state index in [1.165, 1.54) is 11.9 Å². The zero-order valence-corrected chi connectivity index (χ0v) is 17.2. The minimum absolute atomic E-state index is 0.0764. The smallest absolute Gasteiger partial charge is 0.292 e. The molecule has 3 N–H and O–H groups in total. The largest absolute Gasteiger partial charge is 0.331 e. The Morgan fingerprint density at radius 1 is 1.20 bits per heavy atom. The highest BCUT2D eigenvalue weighted by molar-refractivity contribution is 6.30. The Morgan fingerprint density at radius 2 is 2.00 bits per heavy atom. The van der Waals surface area contributed by atoms with Gasteiger partial charge in [-0.2, -0.15) is 5.10 Å². The first kappa shape index (κ1) is 19.2. The van der Waals surface area contributed by atoms with E-state index in [0.717, 1.165) is 30.7 Å². The molecule has 5 rings (SSSR count). The maximum Gasteiger partial charge on any atom is 0.292 e. The molecule has 1 fully saturated rings. The van der Waals surface area contributed by atoms with Crippen LogP contribution in [0, 0.1) is 0 Å². The van der Waals surface area contributed by atoms with Crippen LogP contribution >= 0.6 is 11.6 Å². The van der Waals surface area contributed by atoms with E-state index in [1.807, 2.05) is 27.7 Å². The van der Waals surface area contributed by atoms with Crippen LogP contribution in [0.3, 0.4) is 0 Å². The quantitative estimate of drug-likeness (QED) is 0.658. The maximum absolute atomic E-state index is 13.2. The van der Waals surface area contributed by atoms with Crippen molar-refractivity contribution < 1.29 is 4.79 Å². The van der Waals surface area contributed by atoms with E-state index >= 15 is 0 Å². The predicted molar refractivity (Wildman–Crippen MR) is 111 cm³/mol. The molecule has 10 heteroatoms. The van der Waals surface area contributed by atoms with Crippen LogP contribution in [0.4, 0.5) is 0 Å². The summed E-state index contributed by atoms with van der Waals surface area (Å²) >= 11 is 6.22. The van der Waals surface area contributed by atoms with Gasteiger partial charge in [-0.05, 0) is 43.4 Å². The molecule has 3 aromatic rings. The molecular formula is C20H23ClN8O. The Labute approximate surface area is 178 Å². The number of H-pyrrole nitrogens is 1. The number of fused-ring (bicyclic) bond motifs is 1. The van der Waals surface area contributed by atoms with Crippen molar-refractivity contribution in [2.75, 3.05) is 13.1 Å². The summed E-state index contributed by atoms with van der Waals surface area (Å²) in [5.41, 5.74) is 7.33. The molecule has 0 saturated heterocycles. The van der Waals surface area contributed by atoms with Gasteiger partial charge in [0.2, 0.25) is 11.6 Å². The van der Waals surface area contributed by atoms with Gasteiger partial charge in [0.1, 0.15) is 6.33 Å². The summed E-state index contributed by atoms with van der Waals surface area (Å²) in [5, 5.41) is 15.7. The second-order valence-electron chi connectivity index (χ2n) is 8.06. The Kier molecular flexibility index (Phi) is 4.79. The molecule has 1 aliphatic heterocycles. The zero-order chi connectivity index (χ0) is 20.7. The SMILES string of the molecule is NCC1(c2cccc(Cl)c2)CCC(N2CCn3c(nnc3-c3ncn[nH]3)C2=O)CC1. The number of rotatable bonds is 4. The van der Waals surface area contributed by atoms with Gasteiger partial charge in [-0.1, -0.05) is 23.7 Å². The lowest BCUT2D eigenvalue weighted by Gasteiger charge is -2.44. The molecule has 1 saturated carbocycles. The highest BCUT2D eigenvalue weighted by Gasteiger charge is 2.41. The summed E-state index contributed by atoms with van der Waals surface area (Å²) in [6, 6.07) is 8.17. The number of hydrogen-bond donors (Lipinski definition) is 2. The van der Waals surface area contributed by atoms with E-state index in [2.05, 4.69) is 31.4 Å². The molecule has 2 aromatic heterocycles. The van der Waals surface area contributed by atoms with Gasteiger partial charge < -0.3 is 10.6 Å². The molecule has 0 spiro atoms. The van der Waals surface area contributed by atoms with Crippen molar-refractivity contribution in [2.45, 2.75) is 43.7 Å². The Balaban J connectivity index is 1.33. The predicted octanol–water partition coefficient (Wildman–Crippen LogP) is 2.01. The van der Waals surface area contributed by atoms with Crippen LogP contribution in [0.15, 0.2) is 30.6 Å². The molecule has 0 bridgehead atoms. The first-order valence-corrected chi connectivity index (χ1v) is 10.6. The van der Waals surface area contributed by atoms with E-state index < -0.39 is 0 Å². The second kappa shape index (κ2) is 7.48. The first-order valence-electron chi connectivity index (χ1n) is 10.2. The van der Waals surface area contributed by atoms with E-state index in [1.54, 1.807) is 0 Å². The average molecular weight is 427 g/mol. The molecule has 30 heavy (non-hydrogen) atoms. The lowest BCUT2D eigenvalue weighted by molar-refractivity contribution is 0.0523. The molecule has 0 atom stereocenters. The van der Waals surface area contributed by atoms with Crippen molar-refractivity contribution >= 4 is 17.5 Å². The van der Waals surface area contributed by atoms with Crippen LogP contribution in [0.25, 0.3) is 11.6 Å². The summed E-state index contributed by atoms with van der Waals surface area (Å²) in [6.07, 6.45) is 5.07. The number of carbonyl (C=O) groups is 1. The van der Waals surface area contributed by atoms with E-state index in [-0.39, 0.29) is 17.4 Å². The summed E-state index contributed by atoms with van der Waals surface area (Å²) in [7, 11) is 0. The molecule has 0 radical (unpaired) electrons. The van der Waals surface area contributed by atoms with Gasteiger partial charge in [0.05, 0.1) is 0 Å². The lowest BCUT2D eigenvalue weighted by atomic mass is 9.68. The zero-order valence-electron chi connectivity index (χ0n) is 16.5. The number of benzene rings is 1. The van der Waals surface area contributed by atoms with Gasteiger partial charge in [-0.15, -0.1) is 10.2 Å². The molecule has 2 aliphatic rings. The van der Waals surface area contributed by atoms with Crippen LogP contribution < -0.4 is 5.73 Å². The first-order chi connectivity index (χ1) is 14.6. The third kappa shape index (κ3) is 3.09. The third-order valence-electron chi connectivity index (χ3n) is 6.57. The number of carbonyl (C=O) groups excluding carboxylic acids is 1. The van der Waals surface area contributed by atoms with Gasteiger partial charge in [-0.3, -0.25) is 14.5 Å². The van der Waals surface area contributed by atoms with Crippen molar-refractivity contribution in [3.05, 3.63) is 47.0 Å². The minimum Gasteiger partial charge on any atom is -0.331 e. The standard InChI is InChI=1S/C20H23ClN8O/c21-14-3-1-2-13(10-14)20(11-22)6-4-15(5-7-20)28-8-9-29-17(16-23-12-24-25-16)26-27-18(29)19(28)30/h1-3,10,12,15H,4-9,11,22H2,(H,23,24,25). The normalized spacial score (nSPS) is 24.1. The fourth-order valence-electron chi connectivity index (χ4n) is 4.84. The van der Waals surface area contributed by atoms with Crippen molar-refractivity contribution in [3.8, 4) is 11.6 Å².